The van der Waals surface area contributed by atoms with Crippen molar-refractivity contribution in [1.82, 2.24) is 0 Å². The van der Waals surface area contributed by atoms with Crippen molar-refractivity contribution >= 4 is 5.57 Å². The van der Waals surface area contributed by atoms with Gasteiger partial charge in [-0.3, -0.25) is 0 Å². The molecule has 0 bridgehead atoms. The summed E-state index contributed by atoms with van der Waals surface area (Å²) in [6, 6.07) is 33.2. The summed E-state index contributed by atoms with van der Waals surface area (Å²) in [4.78, 5) is 0. The molecule has 0 aliphatic heterocycles. The maximum atomic E-state index is 9.99. The Morgan fingerprint density at radius 3 is 1.26 bits per heavy atom. The molecule has 6 heteroatoms. The van der Waals surface area contributed by atoms with Gasteiger partial charge in [0, 0.05) is 16.7 Å². The fourth-order valence-corrected chi connectivity index (χ4v) is 4.79. The van der Waals surface area contributed by atoms with Crippen molar-refractivity contribution in [3.05, 3.63) is 112 Å². The molecule has 0 fully saturated rings. The average Bonchev–Trinajstić information content (AvgIpc) is 3.28. The van der Waals surface area contributed by atoms with Gasteiger partial charge in [-0.15, -0.1) is 0 Å². The van der Waals surface area contributed by atoms with Crippen LogP contribution in [0.2, 0.25) is 0 Å². The number of rotatable bonds is 2. The number of hydrogen-bond donors (Lipinski definition) is 0. The third-order valence-electron chi connectivity index (χ3n) is 6.46. The molecule has 0 radical (unpaired) electrons. The molecular weight excluding hydrogens is 468 g/mol. The summed E-state index contributed by atoms with van der Waals surface area (Å²) >= 11 is 0. The van der Waals surface area contributed by atoms with Crippen molar-refractivity contribution in [2.45, 2.75) is 0 Å². The zero-order valence-electron chi connectivity index (χ0n) is 19.6. The minimum absolute atomic E-state index is 0.104. The van der Waals surface area contributed by atoms with E-state index in [1.54, 1.807) is 72.8 Å². The lowest BCUT2D eigenvalue weighted by atomic mass is 9.91. The second-order valence-corrected chi connectivity index (χ2v) is 8.47. The fourth-order valence-electron chi connectivity index (χ4n) is 4.79. The first-order chi connectivity index (χ1) is 18.6. The SMILES string of the molecule is N#CC(C#N)=C1c2cc(-c3cccc(C#N)c3)c(C#N)cc2-c2cc(C#N)c(-c3cccc(C#N)c3)cc21. The van der Waals surface area contributed by atoms with E-state index in [1.807, 2.05) is 12.1 Å². The van der Waals surface area contributed by atoms with Crippen LogP contribution in [0.4, 0.5) is 0 Å². The van der Waals surface area contributed by atoms with Crippen LogP contribution in [-0.2, 0) is 0 Å². The minimum Gasteiger partial charge on any atom is -0.192 e. The first-order valence-electron chi connectivity index (χ1n) is 11.3. The molecule has 170 valence electrons. The molecule has 0 amide bonds. The standard InChI is InChI=1S/C32H12N6/c33-13-19-3-1-5-21(7-19)26-11-30-28(9-23(26)15-35)29-10-24(16-36)27(22-6-2-4-20(8-22)14-34)12-31(29)32(30)25(17-37)18-38/h1-12H. The van der Waals surface area contributed by atoms with Crippen LogP contribution in [0, 0.1) is 68.0 Å². The molecule has 4 aromatic carbocycles. The Morgan fingerprint density at radius 2 is 0.895 bits per heavy atom. The van der Waals surface area contributed by atoms with Gasteiger partial charge in [-0.25, -0.2) is 0 Å². The van der Waals surface area contributed by atoms with Crippen molar-refractivity contribution in [2.75, 3.05) is 0 Å². The summed E-state index contributed by atoms with van der Waals surface area (Å²) in [5.41, 5.74) is 6.73. The number of allylic oxidation sites excluding steroid dienone is 1. The molecule has 1 aliphatic carbocycles. The Bertz CT molecular complexity index is 1840. The van der Waals surface area contributed by atoms with Gasteiger partial charge in [0.15, 0.2) is 0 Å². The zero-order chi connectivity index (χ0) is 26.8. The third-order valence-corrected chi connectivity index (χ3v) is 6.46. The maximum Gasteiger partial charge on any atom is 0.138 e. The molecule has 5 rings (SSSR count). The monoisotopic (exact) mass is 480 g/mol. The summed E-state index contributed by atoms with van der Waals surface area (Å²) in [5.74, 6) is 0. The number of nitrogens with zero attached hydrogens (tertiary/aromatic N) is 6. The first-order valence-corrected chi connectivity index (χ1v) is 11.3. The van der Waals surface area contributed by atoms with E-state index in [1.165, 1.54) is 0 Å². The van der Waals surface area contributed by atoms with Gasteiger partial charge in [0.2, 0.25) is 0 Å². The first kappa shape index (κ1) is 23.3. The topological polar surface area (TPSA) is 143 Å². The summed E-state index contributed by atoms with van der Waals surface area (Å²) in [6.07, 6.45) is 0. The molecule has 6 nitrogen and oxygen atoms in total. The highest BCUT2D eigenvalue weighted by Gasteiger charge is 2.30. The van der Waals surface area contributed by atoms with Crippen LogP contribution < -0.4 is 0 Å². The number of benzene rings is 4. The summed E-state index contributed by atoms with van der Waals surface area (Å²) in [7, 11) is 0. The van der Waals surface area contributed by atoms with E-state index in [4.69, 9.17) is 0 Å². The van der Waals surface area contributed by atoms with Crippen LogP contribution in [0.15, 0.2) is 78.4 Å². The fraction of sp³-hybridized carbons (Fsp3) is 0. The Kier molecular flexibility index (Phi) is 5.71. The summed E-state index contributed by atoms with van der Waals surface area (Å²) < 4.78 is 0. The molecule has 4 aromatic rings. The van der Waals surface area contributed by atoms with E-state index < -0.39 is 0 Å². The molecule has 0 N–H and O–H groups in total. The molecular formula is C32H12N6. The van der Waals surface area contributed by atoms with Gasteiger partial charge in [-0.1, -0.05) is 24.3 Å². The van der Waals surface area contributed by atoms with Gasteiger partial charge in [-0.2, -0.15) is 31.6 Å². The van der Waals surface area contributed by atoms with Crippen LogP contribution in [0.5, 0.6) is 0 Å². The summed E-state index contributed by atoms with van der Waals surface area (Å²) in [6.45, 7) is 0. The molecule has 1 aliphatic rings. The van der Waals surface area contributed by atoms with Crippen molar-refractivity contribution < 1.29 is 0 Å². The Hall–Kier alpha value is -6.44. The van der Waals surface area contributed by atoms with Gasteiger partial charge < -0.3 is 0 Å². The van der Waals surface area contributed by atoms with Crippen LogP contribution in [0.3, 0.4) is 0 Å². The van der Waals surface area contributed by atoms with Crippen LogP contribution >= 0.6 is 0 Å². The van der Waals surface area contributed by atoms with Crippen LogP contribution in [-0.4, -0.2) is 0 Å². The molecule has 0 aromatic heterocycles. The highest BCUT2D eigenvalue weighted by molar-refractivity contribution is 6.07. The highest BCUT2D eigenvalue weighted by Crippen LogP contribution is 2.49. The maximum absolute atomic E-state index is 9.99. The van der Waals surface area contributed by atoms with Crippen molar-refractivity contribution in [3.63, 3.8) is 0 Å². The van der Waals surface area contributed by atoms with E-state index in [9.17, 15) is 31.6 Å². The van der Waals surface area contributed by atoms with Gasteiger partial charge in [0.25, 0.3) is 0 Å². The Labute approximate surface area is 218 Å². The molecule has 0 spiro atoms. The highest BCUT2D eigenvalue weighted by atomic mass is 14.4. The van der Waals surface area contributed by atoms with Gasteiger partial charge in [0.1, 0.15) is 17.7 Å². The number of fused-ring (bicyclic) bond motifs is 3. The van der Waals surface area contributed by atoms with Gasteiger partial charge in [-0.05, 0) is 81.9 Å². The molecule has 0 atom stereocenters. The molecule has 0 saturated carbocycles. The van der Waals surface area contributed by atoms with E-state index >= 15 is 0 Å². The Balaban J connectivity index is 1.85. The van der Waals surface area contributed by atoms with Gasteiger partial charge >= 0.3 is 0 Å². The second-order valence-electron chi connectivity index (χ2n) is 8.47. The lowest BCUT2D eigenvalue weighted by molar-refractivity contribution is 1.45. The predicted molar refractivity (Wildman–Crippen MR) is 139 cm³/mol. The smallest absolute Gasteiger partial charge is 0.138 e. The van der Waals surface area contributed by atoms with E-state index in [-0.39, 0.29) is 5.57 Å². The van der Waals surface area contributed by atoms with Crippen molar-refractivity contribution in [2.24, 2.45) is 0 Å². The molecule has 0 heterocycles. The molecule has 0 saturated heterocycles. The Morgan fingerprint density at radius 1 is 0.447 bits per heavy atom. The molecule has 38 heavy (non-hydrogen) atoms. The number of hydrogen-bond acceptors (Lipinski definition) is 6. The largest absolute Gasteiger partial charge is 0.192 e. The molecule has 0 unspecified atom stereocenters. The van der Waals surface area contributed by atoms with Crippen LogP contribution in [0.1, 0.15) is 33.4 Å². The van der Waals surface area contributed by atoms with E-state index in [0.29, 0.717) is 72.3 Å². The predicted octanol–water partition coefficient (Wildman–Crippen LogP) is 6.34. The van der Waals surface area contributed by atoms with E-state index in [2.05, 4.69) is 24.3 Å². The van der Waals surface area contributed by atoms with Gasteiger partial charge in [0.05, 0.1) is 46.5 Å². The zero-order valence-corrected chi connectivity index (χ0v) is 19.6. The van der Waals surface area contributed by atoms with Crippen molar-refractivity contribution in [1.29, 1.82) is 31.6 Å². The third kappa shape index (κ3) is 3.62. The van der Waals surface area contributed by atoms with E-state index in [0.717, 1.165) is 0 Å². The summed E-state index contributed by atoms with van der Waals surface area (Å²) in [5, 5.41) is 58.4. The normalized spacial score (nSPS) is 10.4. The minimum atomic E-state index is -0.104. The van der Waals surface area contributed by atoms with Crippen molar-refractivity contribution in [3.8, 4) is 69.8 Å². The second kappa shape index (κ2) is 9.31. The average molecular weight is 480 g/mol. The lowest BCUT2D eigenvalue weighted by Crippen LogP contribution is -1.92. The quantitative estimate of drug-likeness (QED) is 0.270. The number of nitriles is 6. The lowest BCUT2D eigenvalue weighted by Gasteiger charge is -2.10. The van der Waals surface area contributed by atoms with Crippen LogP contribution in [0.25, 0.3) is 39.0 Å².